The summed E-state index contributed by atoms with van der Waals surface area (Å²) in [7, 11) is 1.51. The molecule has 2 aromatic carbocycles. The lowest BCUT2D eigenvalue weighted by molar-refractivity contribution is -0.385. The van der Waals surface area contributed by atoms with Crippen molar-refractivity contribution < 1.29 is 19.2 Å². The zero-order valence-corrected chi connectivity index (χ0v) is 16.1. The number of benzene rings is 2. The number of nitrogens with one attached hydrogen (secondary N) is 1. The van der Waals surface area contributed by atoms with Gasteiger partial charge in [-0.05, 0) is 42.5 Å². The molecule has 1 aromatic heterocycles. The Labute approximate surface area is 171 Å². The van der Waals surface area contributed by atoms with E-state index in [-0.39, 0.29) is 28.9 Å². The molecule has 0 radical (unpaired) electrons. The Morgan fingerprint density at radius 1 is 1.21 bits per heavy atom. The minimum absolute atomic E-state index is 0.0558. The van der Waals surface area contributed by atoms with Crippen LogP contribution in [0.2, 0.25) is 5.02 Å². The fraction of sp³-hybridized carbons (Fsp3) is 0.100. The van der Waals surface area contributed by atoms with Crippen LogP contribution in [-0.2, 0) is 6.54 Å². The zero-order valence-electron chi connectivity index (χ0n) is 15.3. The highest BCUT2D eigenvalue weighted by Crippen LogP contribution is 2.33. The average molecular weight is 414 g/mol. The molecular weight excluding hydrogens is 398 g/mol. The summed E-state index contributed by atoms with van der Waals surface area (Å²) in [4.78, 5) is 27.0. The molecule has 29 heavy (non-hydrogen) atoms. The molecule has 0 atom stereocenters. The Hall–Kier alpha value is -3.65. The van der Waals surface area contributed by atoms with Gasteiger partial charge in [0.25, 0.3) is 5.91 Å². The molecule has 0 fully saturated rings. The van der Waals surface area contributed by atoms with Gasteiger partial charge >= 0.3 is 5.69 Å². The average Bonchev–Trinajstić information content (AvgIpc) is 2.73. The molecule has 3 rings (SSSR count). The van der Waals surface area contributed by atoms with Crippen LogP contribution in [0.15, 0.2) is 60.8 Å². The Kier molecular flexibility index (Phi) is 6.25. The predicted molar refractivity (Wildman–Crippen MR) is 107 cm³/mol. The minimum atomic E-state index is -0.574. The Morgan fingerprint density at radius 3 is 2.66 bits per heavy atom. The van der Waals surface area contributed by atoms with Crippen molar-refractivity contribution in [3.05, 3.63) is 87.1 Å². The van der Waals surface area contributed by atoms with Gasteiger partial charge in [-0.3, -0.25) is 14.9 Å². The van der Waals surface area contributed by atoms with E-state index in [0.29, 0.717) is 17.2 Å². The van der Waals surface area contributed by atoms with E-state index in [1.165, 1.54) is 25.3 Å². The smallest absolute Gasteiger partial charge is 0.313 e. The van der Waals surface area contributed by atoms with Crippen LogP contribution < -0.4 is 14.8 Å². The van der Waals surface area contributed by atoms with Gasteiger partial charge in [0.15, 0.2) is 0 Å². The van der Waals surface area contributed by atoms with Gasteiger partial charge < -0.3 is 14.8 Å². The molecule has 0 unspecified atom stereocenters. The largest absolute Gasteiger partial charge is 0.481 e. The van der Waals surface area contributed by atoms with Crippen molar-refractivity contribution >= 4 is 23.2 Å². The lowest BCUT2D eigenvalue weighted by atomic mass is 10.2. The number of rotatable bonds is 7. The number of nitrogens with zero attached hydrogens (tertiary/aromatic N) is 2. The number of amides is 1. The number of methoxy groups -OCH3 is 1. The molecule has 0 bridgehead atoms. The number of hydrogen-bond acceptors (Lipinski definition) is 6. The highest BCUT2D eigenvalue weighted by molar-refractivity contribution is 6.30. The molecule has 148 valence electrons. The van der Waals surface area contributed by atoms with E-state index in [1.54, 1.807) is 36.5 Å². The molecule has 3 aromatic rings. The first-order valence-corrected chi connectivity index (χ1v) is 8.83. The topological polar surface area (TPSA) is 104 Å². The zero-order chi connectivity index (χ0) is 20.8. The third-order valence-electron chi connectivity index (χ3n) is 3.94. The van der Waals surface area contributed by atoms with E-state index in [1.807, 2.05) is 6.07 Å². The molecule has 0 saturated carbocycles. The first-order chi connectivity index (χ1) is 14.0. The van der Waals surface area contributed by atoms with E-state index in [2.05, 4.69) is 10.3 Å². The van der Waals surface area contributed by atoms with Crippen LogP contribution in [0.3, 0.4) is 0 Å². The quantitative estimate of drug-likeness (QED) is 0.455. The molecule has 0 aliphatic heterocycles. The van der Waals surface area contributed by atoms with Gasteiger partial charge in [-0.2, -0.15) is 0 Å². The maximum Gasteiger partial charge on any atom is 0.313 e. The number of halogens is 1. The van der Waals surface area contributed by atoms with Gasteiger partial charge in [-0.25, -0.2) is 4.98 Å². The summed E-state index contributed by atoms with van der Waals surface area (Å²) >= 11 is 5.80. The predicted octanol–water partition coefficient (Wildman–Crippen LogP) is 4.37. The van der Waals surface area contributed by atoms with Crippen molar-refractivity contribution in [2.45, 2.75) is 6.54 Å². The van der Waals surface area contributed by atoms with Crippen LogP contribution in [0.4, 0.5) is 5.69 Å². The molecular formula is C20H16ClN3O5. The summed E-state index contributed by atoms with van der Waals surface area (Å²) in [5, 5.41) is 14.2. The molecule has 0 spiro atoms. The minimum Gasteiger partial charge on any atom is -0.481 e. The maximum atomic E-state index is 12.4. The summed E-state index contributed by atoms with van der Waals surface area (Å²) in [5.41, 5.74) is 0.911. The third kappa shape index (κ3) is 4.99. The number of hydrogen-bond donors (Lipinski definition) is 1. The summed E-state index contributed by atoms with van der Waals surface area (Å²) in [6, 6.07) is 13.9. The number of pyridine rings is 1. The summed E-state index contributed by atoms with van der Waals surface area (Å²) in [6.07, 6.45) is 1.61. The first-order valence-electron chi connectivity index (χ1n) is 8.46. The van der Waals surface area contributed by atoms with Gasteiger partial charge in [0.05, 0.1) is 12.0 Å². The Bertz CT molecular complexity index is 1040. The van der Waals surface area contributed by atoms with Crippen molar-refractivity contribution in [3.8, 4) is 17.4 Å². The molecule has 8 nitrogen and oxygen atoms in total. The number of nitro groups is 1. The van der Waals surface area contributed by atoms with E-state index < -0.39 is 4.92 Å². The van der Waals surface area contributed by atoms with Crippen LogP contribution in [0, 0.1) is 10.1 Å². The van der Waals surface area contributed by atoms with Gasteiger partial charge in [0, 0.05) is 35.0 Å². The van der Waals surface area contributed by atoms with Crippen LogP contribution in [0.25, 0.3) is 0 Å². The first kappa shape index (κ1) is 20.1. The maximum absolute atomic E-state index is 12.4. The highest BCUT2D eigenvalue weighted by atomic mass is 35.5. The fourth-order valence-corrected chi connectivity index (χ4v) is 2.71. The summed E-state index contributed by atoms with van der Waals surface area (Å²) in [6.45, 7) is 0.255. The van der Waals surface area contributed by atoms with Crippen LogP contribution in [0.5, 0.6) is 17.4 Å². The van der Waals surface area contributed by atoms with Crippen molar-refractivity contribution in [2.75, 3.05) is 7.11 Å². The standard InChI is InChI=1S/C20H16ClN3O5/c1-28-20-14(3-2-10-22-20)12-23-19(25)13-4-7-16(8-5-13)29-18-9-6-15(21)11-17(18)24(26)27/h2-11H,12H2,1H3,(H,23,25). The van der Waals surface area contributed by atoms with E-state index in [9.17, 15) is 14.9 Å². The number of nitro benzene ring substituents is 1. The molecule has 9 heteroatoms. The normalized spacial score (nSPS) is 10.3. The van der Waals surface area contributed by atoms with E-state index in [4.69, 9.17) is 21.1 Å². The molecule has 1 heterocycles. The van der Waals surface area contributed by atoms with E-state index in [0.717, 1.165) is 5.56 Å². The highest BCUT2D eigenvalue weighted by Gasteiger charge is 2.17. The van der Waals surface area contributed by atoms with Gasteiger partial charge in [0.2, 0.25) is 11.6 Å². The van der Waals surface area contributed by atoms with Crippen LogP contribution >= 0.6 is 11.6 Å². The Balaban J connectivity index is 1.67. The molecule has 0 aliphatic rings. The molecule has 1 N–H and O–H groups in total. The number of aromatic nitrogens is 1. The summed E-state index contributed by atoms with van der Waals surface area (Å²) in [5.74, 6) is 0.558. The molecule has 1 amide bonds. The molecule has 0 saturated heterocycles. The molecule has 0 aliphatic carbocycles. The van der Waals surface area contributed by atoms with Crippen LogP contribution in [0.1, 0.15) is 15.9 Å². The lowest BCUT2D eigenvalue weighted by Gasteiger charge is -2.10. The van der Waals surface area contributed by atoms with Gasteiger partial charge in [-0.1, -0.05) is 17.7 Å². The van der Waals surface area contributed by atoms with Crippen molar-refractivity contribution in [2.24, 2.45) is 0 Å². The number of carbonyl (C=O) groups is 1. The summed E-state index contributed by atoms with van der Waals surface area (Å²) < 4.78 is 10.7. The number of carbonyl (C=O) groups excluding carboxylic acids is 1. The monoisotopic (exact) mass is 413 g/mol. The SMILES string of the molecule is COc1ncccc1CNC(=O)c1ccc(Oc2ccc(Cl)cc2[N+](=O)[O-])cc1. The Morgan fingerprint density at radius 2 is 1.97 bits per heavy atom. The number of ether oxygens (including phenoxy) is 2. The van der Waals surface area contributed by atoms with Crippen molar-refractivity contribution in [1.29, 1.82) is 0 Å². The fourth-order valence-electron chi connectivity index (χ4n) is 2.54. The van der Waals surface area contributed by atoms with Crippen molar-refractivity contribution in [3.63, 3.8) is 0 Å². The van der Waals surface area contributed by atoms with Gasteiger partial charge in [-0.15, -0.1) is 0 Å². The lowest BCUT2D eigenvalue weighted by Crippen LogP contribution is -2.23. The third-order valence-corrected chi connectivity index (χ3v) is 4.18. The van der Waals surface area contributed by atoms with Crippen molar-refractivity contribution in [1.82, 2.24) is 10.3 Å². The van der Waals surface area contributed by atoms with E-state index >= 15 is 0 Å². The second-order valence-corrected chi connectivity index (χ2v) is 6.29. The second-order valence-electron chi connectivity index (χ2n) is 5.85. The van der Waals surface area contributed by atoms with Crippen LogP contribution in [-0.4, -0.2) is 22.9 Å². The second kappa shape index (κ2) is 9.03. The van der Waals surface area contributed by atoms with Gasteiger partial charge in [0.1, 0.15) is 5.75 Å².